The van der Waals surface area contributed by atoms with Crippen molar-refractivity contribution >= 4 is 27.3 Å². The number of anilines is 1. The second-order valence-corrected chi connectivity index (χ2v) is 6.29. The van der Waals surface area contributed by atoms with E-state index in [0.29, 0.717) is 0 Å². The molecule has 4 nitrogen and oxygen atoms in total. The molecule has 0 saturated heterocycles. The number of benzene rings is 2. The van der Waals surface area contributed by atoms with Crippen LogP contribution < -0.4 is 9.46 Å². The molecular weight excluding hydrogens is 362 g/mol. The molecule has 0 bridgehead atoms. The molecule has 0 spiro atoms. The minimum absolute atomic E-state index is 0.230. The third kappa shape index (κ3) is 4.49. The Kier molecular flexibility index (Phi) is 4.71. The van der Waals surface area contributed by atoms with Gasteiger partial charge in [-0.2, -0.15) is 0 Å². The molecule has 0 heterocycles. The van der Waals surface area contributed by atoms with Crippen LogP contribution in [0.4, 0.5) is 23.2 Å². The fourth-order valence-corrected chi connectivity index (χ4v) is 3.04. The van der Waals surface area contributed by atoms with E-state index in [-0.39, 0.29) is 5.69 Å². The van der Waals surface area contributed by atoms with Crippen molar-refractivity contribution in [3.63, 3.8) is 0 Å². The quantitative estimate of drug-likeness (QED) is 0.823. The van der Waals surface area contributed by atoms with E-state index in [4.69, 9.17) is 11.6 Å². The minimum atomic E-state index is -4.92. The zero-order valence-electron chi connectivity index (χ0n) is 11.1. The molecule has 1 N–H and O–H groups in total. The third-order valence-corrected chi connectivity index (χ3v) is 4.22. The lowest BCUT2D eigenvalue weighted by Crippen LogP contribution is -2.18. The van der Waals surface area contributed by atoms with Crippen LogP contribution in [0.5, 0.6) is 5.75 Å². The number of alkyl halides is 3. The van der Waals surface area contributed by atoms with Gasteiger partial charge >= 0.3 is 6.36 Å². The maximum atomic E-state index is 13.8. The predicted molar refractivity (Wildman–Crippen MR) is 75.3 cm³/mol. The van der Waals surface area contributed by atoms with Crippen LogP contribution in [0.3, 0.4) is 0 Å². The molecule has 2 aromatic rings. The highest BCUT2D eigenvalue weighted by molar-refractivity contribution is 7.92. The zero-order chi connectivity index (χ0) is 17.3. The molecule has 0 aliphatic carbocycles. The highest BCUT2D eigenvalue weighted by atomic mass is 35.5. The zero-order valence-corrected chi connectivity index (χ0v) is 12.6. The monoisotopic (exact) mass is 369 g/mol. The number of ether oxygens (including phenoxy) is 1. The maximum Gasteiger partial charge on any atom is 0.573 e. The average molecular weight is 370 g/mol. The van der Waals surface area contributed by atoms with Gasteiger partial charge in [0.25, 0.3) is 10.0 Å². The maximum absolute atomic E-state index is 13.8. The van der Waals surface area contributed by atoms with Crippen molar-refractivity contribution in [1.29, 1.82) is 0 Å². The Morgan fingerprint density at radius 3 is 2.39 bits per heavy atom. The average Bonchev–Trinajstić information content (AvgIpc) is 2.39. The van der Waals surface area contributed by atoms with Gasteiger partial charge in [0, 0.05) is 6.07 Å². The van der Waals surface area contributed by atoms with Crippen molar-refractivity contribution in [1.82, 2.24) is 0 Å². The van der Waals surface area contributed by atoms with Crippen molar-refractivity contribution < 1.29 is 30.7 Å². The summed E-state index contributed by atoms with van der Waals surface area (Å²) in [5.74, 6) is -1.78. The first-order valence-electron chi connectivity index (χ1n) is 5.91. The topological polar surface area (TPSA) is 55.4 Å². The fourth-order valence-electron chi connectivity index (χ4n) is 1.66. The lowest BCUT2D eigenvalue weighted by Gasteiger charge is -2.12. The molecule has 0 aliphatic heterocycles. The summed E-state index contributed by atoms with van der Waals surface area (Å²) in [6.07, 6.45) is -4.92. The van der Waals surface area contributed by atoms with Crippen LogP contribution in [0.15, 0.2) is 47.4 Å². The van der Waals surface area contributed by atoms with E-state index >= 15 is 0 Å². The summed E-state index contributed by atoms with van der Waals surface area (Å²) >= 11 is 5.51. The molecule has 23 heavy (non-hydrogen) atoms. The molecule has 2 aromatic carbocycles. The van der Waals surface area contributed by atoms with Crippen LogP contribution in [0, 0.1) is 5.82 Å². The van der Waals surface area contributed by atoms with Gasteiger partial charge in [-0.25, -0.2) is 12.8 Å². The predicted octanol–water partition coefficient (Wildman–Crippen LogP) is 4.18. The molecule has 0 fully saturated rings. The van der Waals surface area contributed by atoms with Gasteiger partial charge in [-0.05, 0) is 24.3 Å². The summed E-state index contributed by atoms with van der Waals surface area (Å²) in [5.41, 5.74) is -0.230. The first-order valence-corrected chi connectivity index (χ1v) is 7.77. The van der Waals surface area contributed by atoms with Crippen molar-refractivity contribution in [2.75, 3.05) is 4.72 Å². The van der Waals surface area contributed by atoms with Crippen molar-refractivity contribution in [2.24, 2.45) is 0 Å². The van der Waals surface area contributed by atoms with Crippen LogP contribution in [-0.2, 0) is 10.0 Å². The Balaban J connectivity index is 2.31. The summed E-state index contributed by atoms with van der Waals surface area (Å²) in [4.78, 5) is -0.729. The molecule has 10 heteroatoms. The van der Waals surface area contributed by atoms with Crippen LogP contribution in [0.25, 0.3) is 0 Å². The number of nitrogens with one attached hydrogen (secondary N) is 1. The number of hydrogen-bond acceptors (Lipinski definition) is 3. The Hall–Kier alpha value is -2.00. The van der Waals surface area contributed by atoms with E-state index in [1.54, 1.807) is 0 Å². The molecule has 0 saturated carbocycles. The van der Waals surface area contributed by atoms with Crippen molar-refractivity contribution in [3.05, 3.63) is 53.3 Å². The summed E-state index contributed by atoms with van der Waals surface area (Å²) in [6, 6.07) is 7.49. The highest BCUT2D eigenvalue weighted by Crippen LogP contribution is 2.27. The van der Waals surface area contributed by atoms with Gasteiger partial charge in [-0.1, -0.05) is 23.7 Å². The van der Waals surface area contributed by atoms with Gasteiger partial charge in [0.05, 0.1) is 10.7 Å². The second-order valence-electron chi connectivity index (χ2n) is 4.23. The van der Waals surface area contributed by atoms with Crippen molar-refractivity contribution in [3.8, 4) is 5.75 Å². The lowest BCUT2D eigenvalue weighted by atomic mass is 10.3. The number of halogens is 5. The van der Waals surface area contributed by atoms with Gasteiger partial charge in [-0.15, -0.1) is 13.2 Å². The van der Waals surface area contributed by atoms with Crippen LogP contribution in [0.2, 0.25) is 5.02 Å². The van der Waals surface area contributed by atoms with Crippen LogP contribution in [0.1, 0.15) is 0 Å². The minimum Gasteiger partial charge on any atom is -0.406 e. The smallest absolute Gasteiger partial charge is 0.406 e. The van der Waals surface area contributed by atoms with E-state index < -0.39 is 37.9 Å². The molecule has 0 radical (unpaired) electrons. The van der Waals surface area contributed by atoms with Crippen LogP contribution in [-0.4, -0.2) is 14.8 Å². The van der Waals surface area contributed by atoms with E-state index in [9.17, 15) is 26.0 Å². The Morgan fingerprint density at radius 2 is 1.74 bits per heavy atom. The van der Waals surface area contributed by atoms with E-state index in [0.717, 1.165) is 30.3 Å². The summed E-state index contributed by atoms with van der Waals surface area (Å²) in [5, 5.41) is -0.401. The van der Waals surface area contributed by atoms with Gasteiger partial charge in [-0.3, -0.25) is 4.72 Å². The SMILES string of the molecule is O=S(=O)(Nc1cccc(OC(F)(F)F)c1)c1cccc(Cl)c1F. The molecule has 0 amide bonds. The molecular formula is C13H8ClF4NO3S. The fraction of sp³-hybridized carbons (Fsp3) is 0.0769. The Labute approximate surface area is 133 Å². The summed E-state index contributed by atoms with van der Waals surface area (Å²) in [6.45, 7) is 0. The third-order valence-electron chi connectivity index (χ3n) is 2.53. The van der Waals surface area contributed by atoms with Crippen molar-refractivity contribution in [2.45, 2.75) is 11.3 Å². The van der Waals surface area contributed by atoms with E-state index in [1.165, 1.54) is 12.1 Å². The van der Waals surface area contributed by atoms with Gasteiger partial charge in [0.1, 0.15) is 10.6 Å². The first kappa shape index (κ1) is 17.4. The Bertz CT molecular complexity index is 824. The number of hydrogen-bond donors (Lipinski definition) is 1. The normalized spacial score (nSPS) is 12.0. The van der Waals surface area contributed by atoms with E-state index in [2.05, 4.69) is 4.74 Å². The number of rotatable bonds is 4. The second kappa shape index (κ2) is 6.25. The molecule has 124 valence electrons. The first-order chi connectivity index (χ1) is 10.6. The number of sulfonamides is 1. The molecule has 0 atom stereocenters. The summed E-state index contributed by atoms with van der Waals surface area (Å²) < 4.78 is 80.0. The van der Waals surface area contributed by atoms with Gasteiger partial charge in [0.15, 0.2) is 5.82 Å². The highest BCUT2D eigenvalue weighted by Gasteiger charge is 2.31. The van der Waals surface area contributed by atoms with E-state index in [1.807, 2.05) is 4.72 Å². The van der Waals surface area contributed by atoms with Crippen LogP contribution >= 0.6 is 11.6 Å². The Morgan fingerprint density at radius 1 is 1.09 bits per heavy atom. The largest absolute Gasteiger partial charge is 0.573 e. The lowest BCUT2D eigenvalue weighted by molar-refractivity contribution is -0.274. The molecule has 0 aliphatic rings. The van der Waals surface area contributed by atoms with Gasteiger partial charge < -0.3 is 4.74 Å². The van der Waals surface area contributed by atoms with Gasteiger partial charge in [0.2, 0.25) is 0 Å². The molecule has 0 aromatic heterocycles. The standard InChI is InChI=1S/C13H8ClF4NO3S/c14-10-5-2-6-11(12(10)15)23(20,21)19-8-3-1-4-9(7-8)22-13(16,17)18/h1-7,19H. The summed E-state index contributed by atoms with van der Waals surface area (Å²) in [7, 11) is -4.37. The molecule has 2 rings (SSSR count). The molecule has 0 unspecified atom stereocenters.